The quantitative estimate of drug-likeness (QED) is 0.186. The maximum Gasteiger partial charge on any atom is 0.273 e. The van der Waals surface area contributed by atoms with Gasteiger partial charge in [-0.2, -0.15) is 5.10 Å². The number of amides is 1. The largest absolute Gasteiger partial charge is 0.489 e. The van der Waals surface area contributed by atoms with E-state index in [1.807, 2.05) is 62.3 Å². The molecule has 4 N–H and O–H groups in total. The number of hydrazone groups is 1. The van der Waals surface area contributed by atoms with Crippen LogP contribution in [0.5, 0.6) is 5.75 Å². The van der Waals surface area contributed by atoms with Gasteiger partial charge in [-0.05, 0) is 18.6 Å². The van der Waals surface area contributed by atoms with Gasteiger partial charge in [-0.3, -0.25) is 9.79 Å². The molecule has 0 bridgehead atoms. The van der Waals surface area contributed by atoms with Crippen LogP contribution in [-0.4, -0.2) is 60.8 Å². The zero-order chi connectivity index (χ0) is 23.8. The Morgan fingerprint density at radius 2 is 2.06 bits per heavy atom. The molecule has 0 radical (unpaired) electrons. The van der Waals surface area contributed by atoms with Gasteiger partial charge in [-0.15, -0.1) is 0 Å². The van der Waals surface area contributed by atoms with E-state index in [1.54, 1.807) is 6.07 Å². The topological polar surface area (TPSA) is 138 Å². The Bertz CT molecular complexity index is 1170. The van der Waals surface area contributed by atoms with Crippen LogP contribution in [0.3, 0.4) is 0 Å². The molecule has 3 aromatic rings. The number of anilines is 1. The summed E-state index contributed by atoms with van der Waals surface area (Å²) in [6.45, 7) is 2.16. The number of aromatic amines is 1. The zero-order valence-electron chi connectivity index (χ0n) is 18.8. The molecule has 10 nitrogen and oxygen atoms in total. The molecule has 33 heavy (non-hydrogen) atoms. The lowest BCUT2D eigenvalue weighted by molar-refractivity contribution is -0.119. The number of aromatic nitrogens is 2. The van der Waals surface area contributed by atoms with Gasteiger partial charge in [0.15, 0.2) is 5.71 Å². The lowest BCUT2D eigenvalue weighted by atomic mass is 10.2. The molecular weight excluding hydrogens is 422 g/mol. The molecule has 1 heterocycles. The highest BCUT2D eigenvalue weighted by Gasteiger charge is 2.18. The summed E-state index contributed by atoms with van der Waals surface area (Å²) in [7, 11) is 3.77. The van der Waals surface area contributed by atoms with Crippen molar-refractivity contribution < 1.29 is 14.3 Å². The number of benzene rings is 2. The lowest BCUT2D eigenvalue weighted by Crippen LogP contribution is -2.44. The van der Waals surface area contributed by atoms with E-state index in [9.17, 15) is 9.59 Å². The van der Waals surface area contributed by atoms with Crippen LogP contribution in [0.15, 0.2) is 52.6 Å². The Labute approximate surface area is 191 Å². The average Bonchev–Trinajstić information content (AvgIpc) is 3.18. The fourth-order valence-electron chi connectivity index (χ4n) is 3.13. The van der Waals surface area contributed by atoms with Gasteiger partial charge in [0.25, 0.3) is 5.91 Å². The molecule has 0 saturated carbocycles. The predicted molar refractivity (Wildman–Crippen MR) is 129 cm³/mol. The van der Waals surface area contributed by atoms with E-state index >= 15 is 0 Å². The molecule has 0 unspecified atom stereocenters. The standard InChI is InChI=1S/C23H27N7O3/c1-15-26-18-9-21(30(2)3)22(10-19(18)27-15)33-14-17(13-31)28-23(32)20(29-24)12-25-11-16-7-5-4-6-8-16/h4-10,12-13,17H,11,14,24H2,1-3H3,(H,26,27)(H,28,32)/t17-/m1/s1. The summed E-state index contributed by atoms with van der Waals surface area (Å²) in [5, 5.41) is 6.04. The zero-order valence-corrected chi connectivity index (χ0v) is 18.8. The fraction of sp³-hybridized carbons (Fsp3) is 0.261. The molecule has 10 heteroatoms. The van der Waals surface area contributed by atoms with Gasteiger partial charge in [0.2, 0.25) is 0 Å². The molecule has 2 aromatic carbocycles. The first-order valence-corrected chi connectivity index (χ1v) is 10.3. The second kappa shape index (κ2) is 10.9. The number of hydrogen-bond donors (Lipinski definition) is 3. The summed E-state index contributed by atoms with van der Waals surface area (Å²) in [5.74, 6) is 6.04. The highest BCUT2D eigenvalue weighted by atomic mass is 16.5. The highest BCUT2D eigenvalue weighted by molar-refractivity contribution is 6.60. The number of rotatable bonds is 10. The monoisotopic (exact) mass is 449 g/mol. The van der Waals surface area contributed by atoms with Crippen molar-refractivity contribution >= 4 is 40.8 Å². The number of carbonyl (C=O) groups is 2. The van der Waals surface area contributed by atoms with Gasteiger partial charge in [-0.1, -0.05) is 30.3 Å². The Hall–Kier alpha value is -4.21. The average molecular weight is 450 g/mol. The van der Waals surface area contributed by atoms with E-state index in [2.05, 4.69) is 25.4 Å². The van der Waals surface area contributed by atoms with Gasteiger partial charge in [0.1, 0.15) is 30.5 Å². The first-order valence-electron chi connectivity index (χ1n) is 10.3. The smallest absolute Gasteiger partial charge is 0.273 e. The minimum Gasteiger partial charge on any atom is -0.489 e. The Morgan fingerprint density at radius 3 is 2.73 bits per heavy atom. The second-order valence-electron chi connectivity index (χ2n) is 7.55. The number of nitrogens with zero attached hydrogens (tertiary/aromatic N) is 4. The third-order valence-electron chi connectivity index (χ3n) is 4.76. The van der Waals surface area contributed by atoms with Gasteiger partial charge < -0.3 is 30.6 Å². The minimum absolute atomic E-state index is 0.0794. The van der Waals surface area contributed by atoms with Crippen molar-refractivity contribution in [2.24, 2.45) is 15.9 Å². The van der Waals surface area contributed by atoms with E-state index < -0.39 is 11.9 Å². The Balaban J connectivity index is 1.64. The summed E-state index contributed by atoms with van der Waals surface area (Å²) in [6, 6.07) is 12.3. The summed E-state index contributed by atoms with van der Waals surface area (Å²) < 4.78 is 5.88. The molecule has 3 rings (SSSR count). The van der Waals surface area contributed by atoms with Crippen molar-refractivity contribution in [3.05, 3.63) is 53.9 Å². The molecule has 1 amide bonds. The highest BCUT2D eigenvalue weighted by Crippen LogP contribution is 2.31. The summed E-state index contributed by atoms with van der Waals surface area (Å²) >= 11 is 0. The molecule has 0 fully saturated rings. The molecule has 0 aliphatic rings. The number of aliphatic imine (C=N–C) groups is 1. The second-order valence-corrected chi connectivity index (χ2v) is 7.55. The van der Waals surface area contributed by atoms with Gasteiger partial charge >= 0.3 is 0 Å². The number of hydrogen-bond acceptors (Lipinski definition) is 8. The minimum atomic E-state index is -0.914. The molecule has 0 aliphatic heterocycles. The van der Waals surface area contributed by atoms with Crippen molar-refractivity contribution in [2.75, 3.05) is 25.6 Å². The van der Waals surface area contributed by atoms with Crippen LogP contribution in [-0.2, 0) is 16.1 Å². The van der Waals surface area contributed by atoms with Crippen molar-refractivity contribution in [1.82, 2.24) is 15.3 Å². The summed E-state index contributed by atoms with van der Waals surface area (Å²) in [6.07, 6.45) is 1.88. The Morgan fingerprint density at radius 1 is 1.30 bits per heavy atom. The van der Waals surface area contributed by atoms with Crippen LogP contribution in [0.4, 0.5) is 5.69 Å². The number of carbonyl (C=O) groups excluding carboxylic acids is 2. The first-order chi connectivity index (χ1) is 15.9. The number of H-pyrrole nitrogens is 1. The third kappa shape index (κ3) is 6.16. The van der Waals surface area contributed by atoms with Crippen molar-refractivity contribution in [2.45, 2.75) is 19.5 Å². The van der Waals surface area contributed by atoms with Crippen LogP contribution >= 0.6 is 0 Å². The van der Waals surface area contributed by atoms with E-state index in [4.69, 9.17) is 10.6 Å². The van der Waals surface area contributed by atoms with Gasteiger partial charge in [0, 0.05) is 20.2 Å². The van der Waals surface area contributed by atoms with E-state index in [0.29, 0.717) is 18.6 Å². The van der Waals surface area contributed by atoms with Gasteiger partial charge in [-0.25, -0.2) is 4.98 Å². The Kier molecular flexibility index (Phi) is 7.74. The van der Waals surface area contributed by atoms with E-state index in [-0.39, 0.29) is 12.3 Å². The SMILES string of the molecule is Cc1nc2cc(OC[C@@H](C=O)NC(=O)C(C=NCc3ccccc3)=NN)c(N(C)C)cc2[nH]1. The van der Waals surface area contributed by atoms with Crippen LogP contribution < -0.4 is 20.8 Å². The molecule has 0 spiro atoms. The van der Waals surface area contributed by atoms with Crippen LogP contribution in [0, 0.1) is 6.92 Å². The van der Waals surface area contributed by atoms with Crippen LogP contribution in [0.25, 0.3) is 11.0 Å². The van der Waals surface area contributed by atoms with Crippen molar-refractivity contribution in [3.63, 3.8) is 0 Å². The number of nitrogens with two attached hydrogens (primary N) is 1. The molecule has 1 aromatic heterocycles. The summed E-state index contributed by atoms with van der Waals surface area (Å²) in [5.41, 5.74) is 3.30. The number of imidazole rings is 1. The number of fused-ring (bicyclic) bond motifs is 1. The van der Waals surface area contributed by atoms with Crippen LogP contribution in [0.1, 0.15) is 11.4 Å². The third-order valence-corrected chi connectivity index (χ3v) is 4.76. The predicted octanol–water partition coefficient (Wildman–Crippen LogP) is 1.59. The van der Waals surface area contributed by atoms with Crippen LogP contribution in [0.2, 0.25) is 0 Å². The van der Waals surface area contributed by atoms with E-state index in [1.165, 1.54) is 6.21 Å². The number of nitrogens with one attached hydrogen (secondary N) is 2. The fourth-order valence-corrected chi connectivity index (χ4v) is 3.13. The van der Waals surface area contributed by atoms with Crippen molar-refractivity contribution in [1.29, 1.82) is 0 Å². The molecule has 0 saturated heterocycles. The normalized spacial score (nSPS) is 12.6. The van der Waals surface area contributed by atoms with Crippen molar-refractivity contribution in [3.8, 4) is 5.75 Å². The van der Waals surface area contributed by atoms with E-state index in [0.717, 1.165) is 28.1 Å². The number of ether oxygens (including phenoxy) is 1. The lowest BCUT2D eigenvalue weighted by Gasteiger charge is -2.20. The first kappa shape index (κ1) is 23.5. The van der Waals surface area contributed by atoms with Gasteiger partial charge in [0.05, 0.1) is 29.5 Å². The molecule has 1 atom stereocenters. The molecule has 172 valence electrons. The summed E-state index contributed by atoms with van der Waals surface area (Å²) in [4.78, 5) is 37.8. The maximum absolute atomic E-state index is 12.5. The molecular formula is C23H27N7O3. The number of aryl methyl sites for hydroxylation is 1. The number of aldehydes is 1. The maximum atomic E-state index is 12.5. The molecule has 0 aliphatic carbocycles.